The number of aryl methyl sites for hydroxylation is 1. The number of hydrogen-bond acceptors (Lipinski definition) is 2. The van der Waals surface area contributed by atoms with E-state index in [4.69, 9.17) is 0 Å². The van der Waals surface area contributed by atoms with E-state index < -0.39 is 17.2 Å². The molecule has 19 heavy (non-hydrogen) atoms. The van der Waals surface area contributed by atoms with E-state index in [2.05, 4.69) is 26.2 Å². The van der Waals surface area contributed by atoms with Crippen molar-refractivity contribution in [3.05, 3.63) is 62.2 Å². The predicted octanol–water partition coefficient (Wildman–Crippen LogP) is 2.84. The Morgan fingerprint density at radius 3 is 2.79 bits per heavy atom. The number of pyridine rings is 1. The van der Waals surface area contributed by atoms with Gasteiger partial charge in [-0.05, 0) is 35.0 Å². The molecule has 0 saturated heterocycles. The van der Waals surface area contributed by atoms with Gasteiger partial charge in [0.15, 0.2) is 5.43 Å². The van der Waals surface area contributed by atoms with Crippen molar-refractivity contribution in [2.24, 2.45) is 0 Å². The molecule has 98 valence electrons. The zero-order chi connectivity index (χ0) is 14.0. The molecule has 0 aliphatic heterocycles. The van der Waals surface area contributed by atoms with Crippen LogP contribution in [0.5, 0.6) is 0 Å². The summed E-state index contributed by atoms with van der Waals surface area (Å²) in [5, 5.41) is 2.37. The van der Waals surface area contributed by atoms with Crippen LogP contribution in [0.15, 0.2) is 39.7 Å². The molecule has 0 fully saturated rings. The lowest BCUT2D eigenvalue weighted by atomic mass is 10.2. The van der Waals surface area contributed by atoms with Crippen molar-refractivity contribution in [3.63, 3.8) is 0 Å². The van der Waals surface area contributed by atoms with Gasteiger partial charge in [0.2, 0.25) is 0 Å². The minimum atomic E-state index is -0.660. The molecule has 0 atom stereocenters. The van der Waals surface area contributed by atoms with Crippen LogP contribution in [0.3, 0.4) is 0 Å². The molecule has 0 bridgehead atoms. The fraction of sp³-hybridized carbons (Fsp3) is 0.0769. The summed E-state index contributed by atoms with van der Waals surface area (Å²) in [7, 11) is 0. The van der Waals surface area contributed by atoms with Gasteiger partial charge in [-0.1, -0.05) is 6.07 Å². The second kappa shape index (κ2) is 5.36. The molecule has 4 nitrogen and oxygen atoms in total. The van der Waals surface area contributed by atoms with Crippen LogP contribution in [0.4, 0.5) is 10.1 Å². The highest BCUT2D eigenvalue weighted by molar-refractivity contribution is 9.10. The van der Waals surface area contributed by atoms with Gasteiger partial charge in [0.1, 0.15) is 11.4 Å². The Bertz CT molecular complexity index is 677. The largest absolute Gasteiger partial charge is 0.364 e. The number of H-pyrrole nitrogens is 1. The first-order valence-corrected chi connectivity index (χ1v) is 6.23. The standard InChI is InChI=1S/C13H10BrFN2O2/c1-7-5-11(18)8(6-16-7)13(19)17-12-9(14)3-2-4-10(12)15/h2-6H,1H3,(H,16,18)(H,17,19). The Morgan fingerprint density at radius 2 is 2.16 bits per heavy atom. The first kappa shape index (κ1) is 13.5. The number of hydrogen-bond donors (Lipinski definition) is 2. The van der Waals surface area contributed by atoms with Crippen LogP contribution < -0.4 is 10.7 Å². The van der Waals surface area contributed by atoms with Crippen molar-refractivity contribution in [2.45, 2.75) is 6.92 Å². The van der Waals surface area contributed by atoms with Crippen LogP contribution >= 0.6 is 15.9 Å². The summed E-state index contributed by atoms with van der Waals surface area (Å²) in [5.41, 5.74) is 0.170. The number of rotatable bonds is 2. The summed E-state index contributed by atoms with van der Waals surface area (Å²) in [6.45, 7) is 1.70. The van der Waals surface area contributed by atoms with Crippen molar-refractivity contribution in [3.8, 4) is 0 Å². The van der Waals surface area contributed by atoms with Gasteiger partial charge in [-0.25, -0.2) is 4.39 Å². The van der Waals surface area contributed by atoms with Crippen molar-refractivity contribution in [1.82, 2.24) is 4.98 Å². The fourth-order valence-corrected chi connectivity index (χ4v) is 1.99. The number of aromatic nitrogens is 1. The van der Waals surface area contributed by atoms with E-state index in [1.165, 1.54) is 24.4 Å². The number of amides is 1. The minimum Gasteiger partial charge on any atom is -0.364 e. The SMILES string of the molecule is Cc1cc(=O)c(C(=O)Nc2c(F)cccc2Br)c[nH]1. The summed E-state index contributed by atoms with van der Waals surface area (Å²) < 4.78 is 14.0. The van der Waals surface area contributed by atoms with Gasteiger partial charge in [-0.2, -0.15) is 0 Å². The summed E-state index contributed by atoms with van der Waals surface area (Å²) in [6, 6.07) is 5.64. The molecule has 1 aromatic heterocycles. The molecule has 0 aliphatic carbocycles. The first-order chi connectivity index (χ1) is 8.99. The molecule has 0 radical (unpaired) electrons. The molecule has 0 aliphatic rings. The zero-order valence-corrected chi connectivity index (χ0v) is 11.5. The van der Waals surface area contributed by atoms with Crippen LogP contribution in [-0.2, 0) is 0 Å². The number of nitrogens with one attached hydrogen (secondary N) is 2. The summed E-state index contributed by atoms with van der Waals surface area (Å²) in [5.74, 6) is -1.24. The average molecular weight is 325 g/mol. The smallest absolute Gasteiger partial charge is 0.261 e. The van der Waals surface area contributed by atoms with Gasteiger partial charge < -0.3 is 10.3 Å². The monoisotopic (exact) mass is 324 g/mol. The van der Waals surface area contributed by atoms with Gasteiger partial charge >= 0.3 is 0 Å². The third-order valence-electron chi connectivity index (χ3n) is 2.50. The van der Waals surface area contributed by atoms with E-state index >= 15 is 0 Å². The number of halogens is 2. The van der Waals surface area contributed by atoms with Crippen molar-refractivity contribution in [1.29, 1.82) is 0 Å². The van der Waals surface area contributed by atoms with Crippen molar-refractivity contribution >= 4 is 27.5 Å². The van der Waals surface area contributed by atoms with Gasteiger partial charge in [0, 0.05) is 22.4 Å². The summed E-state index contributed by atoms with van der Waals surface area (Å²) in [4.78, 5) is 26.4. The highest BCUT2D eigenvalue weighted by Crippen LogP contribution is 2.25. The van der Waals surface area contributed by atoms with E-state index in [1.807, 2.05) is 0 Å². The van der Waals surface area contributed by atoms with Crippen molar-refractivity contribution < 1.29 is 9.18 Å². The third kappa shape index (κ3) is 2.90. The van der Waals surface area contributed by atoms with Crippen molar-refractivity contribution in [2.75, 3.05) is 5.32 Å². The highest BCUT2D eigenvalue weighted by Gasteiger charge is 2.14. The maximum Gasteiger partial charge on any atom is 0.261 e. The topological polar surface area (TPSA) is 62.0 Å². The lowest BCUT2D eigenvalue weighted by molar-refractivity contribution is 0.102. The molecular weight excluding hydrogens is 315 g/mol. The molecule has 1 amide bonds. The molecule has 1 heterocycles. The molecule has 2 aromatic rings. The average Bonchev–Trinajstić information content (AvgIpc) is 2.33. The number of carbonyl (C=O) groups excluding carboxylic acids is 1. The second-order valence-electron chi connectivity index (χ2n) is 3.94. The summed E-state index contributed by atoms with van der Waals surface area (Å²) >= 11 is 3.14. The Morgan fingerprint density at radius 1 is 1.42 bits per heavy atom. The molecule has 0 saturated carbocycles. The molecule has 0 unspecified atom stereocenters. The fourth-order valence-electron chi connectivity index (χ4n) is 1.55. The third-order valence-corrected chi connectivity index (χ3v) is 3.16. The molecule has 2 rings (SSSR count). The lowest BCUT2D eigenvalue weighted by Gasteiger charge is -2.08. The highest BCUT2D eigenvalue weighted by atomic mass is 79.9. The van der Waals surface area contributed by atoms with Crippen LogP contribution in [0.2, 0.25) is 0 Å². The molecule has 0 spiro atoms. The van der Waals surface area contributed by atoms with Gasteiger partial charge in [-0.15, -0.1) is 0 Å². The molecular formula is C13H10BrFN2O2. The number of benzene rings is 1. The van der Waals surface area contributed by atoms with Crippen LogP contribution in [-0.4, -0.2) is 10.9 Å². The maximum atomic E-state index is 13.6. The Labute approximate surface area is 116 Å². The normalized spacial score (nSPS) is 10.3. The van der Waals surface area contributed by atoms with Crippen LogP contribution in [0, 0.1) is 12.7 Å². The lowest BCUT2D eigenvalue weighted by Crippen LogP contribution is -2.22. The van der Waals surface area contributed by atoms with Crippen LogP contribution in [0.25, 0.3) is 0 Å². The Balaban J connectivity index is 2.34. The van der Waals surface area contributed by atoms with E-state index in [0.717, 1.165) is 0 Å². The molecule has 2 N–H and O–H groups in total. The van der Waals surface area contributed by atoms with Crippen LogP contribution in [0.1, 0.15) is 16.1 Å². The van der Waals surface area contributed by atoms with E-state index in [9.17, 15) is 14.0 Å². The maximum absolute atomic E-state index is 13.6. The predicted molar refractivity (Wildman–Crippen MR) is 73.9 cm³/mol. The van der Waals surface area contributed by atoms with E-state index in [1.54, 1.807) is 13.0 Å². The number of anilines is 1. The number of carbonyl (C=O) groups is 1. The molecule has 1 aromatic carbocycles. The first-order valence-electron chi connectivity index (χ1n) is 5.43. The zero-order valence-electron chi connectivity index (χ0n) is 9.96. The van der Waals surface area contributed by atoms with E-state index in [-0.39, 0.29) is 11.3 Å². The molecule has 6 heteroatoms. The minimum absolute atomic E-state index is 0.00692. The van der Waals surface area contributed by atoms with E-state index in [0.29, 0.717) is 10.2 Å². The van der Waals surface area contributed by atoms with Gasteiger partial charge in [0.25, 0.3) is 5.91 Å². The Hall–Kier alpha value is -1.95. The quantitative estimate of drug-likeness (QED) is 0.892. The summed E-state index contributed by atoms with van der Waals surface area (Å²) in [6.07, 6.45) is 1.31. The van der Waals surface area contributed by atoms with Gasteiger partial charge in [0.05, 0.1) is 5.69 Å². The van der Waals surface area contributed by atoms with Gasteiger partial charge in [-0.3, -0.25) is 9.59 Å². The number of para-hydroxylation sites is 1. The number of aromatic amines is 1. The Kier molecular flexibility index (Phi) is 3.80. The second-order valence-corrected chi connectivity index (χ2v) is 4.80.